The van der Waals surface area contributed by atoms with Crippen molar-refractivity contribution in [3.63, 3.8) is 0 Å². The monoisotopic (exact) mass is 406 g/mol. The summed E-state index contributed by atoms with van der Waals surface area (Å²) < 4.78 is 5.50. The molecule has 2 aromatic rings. The molecule has 2 aliphatic carbocycles. The number of ether oxygens (including phenoxy) is 1. The van der Waals surface area contributed by atoms with Crippen molar-refractivity contribution >= 4 is 28.1 Å². The minimum absolute atomic E-state index is 0.326. The van der Waals surface area contributed by atoms with Crippen LogP contribution in [0.25, 0.3) is 16.5 Å². The molecular formula is C24H30N4O2. The first kappa shape index (κ1) is 19.6. The number of morpholine rings is 1. The lowest BCUT2D eigenvalue weighted by Gasteiger charge is -2.39. The fraction of sp³-hybridized carbons (Fsp3) is 0.542. The predicted molar refractivity (Wildman–Crippen MR) is 118 cm³/mol. The zero-order valence-electron chi connectivity index (χ0n) is 17.5. The third-order valence-electron chi connectivity index (χ3n) is 6.81. The maximum atomic E-state index is 11.9. The van der Waals surface area contributed by atoms with E-state index in [-0.39, 0.29) is 0 Å². The Morgan fingerprint density at radius 3 is 2.70 bits per heavy atom. The summed E-state index contributed by atoms with van der Waals surface area (Å²) in [4.78, 5) is 23.5. The summed E-state index contributed by atoms with van der Waals surface area (Å²) >= 11 is 0. The van der Waals surface area contributed by atoms with Crippen molar-refractivity contribution in [2.24, 2.45) is 0 Å². The van der Waals surface area contributed by atoms with Gasteiger partial charge in [-0.05, 0) is 55.4 Å². The zero-order valence-corrected chi connectivity index (χ0v) is 17.5. The normalized spacial score (nSPS) is 25.9. The fourth-order valence-electron chi connectivity index (χ4n) is 5.09. The highest BCUT2D eigenvalue weighted by atomic mass is 16.5. The smallest absolute Gasteiger partial charge is 0.137 e. The number of hydrogen-bond donors (Lipinski definition) is 1. The highest BCUT2D eigenvalue weighted by molar-refractivity contribution is 5.96. The lowest BCUT2D eigenvalue weighted by atomic mass is 9.89. The van der Waals surface area contributed by atoms with E-state index in [2.05, 4.69) is 38.4 Å². The van der Waals surface area contributed by atoms with Crippen LogP contribution in [0.2, 0.25) is 0 Å². The number of nitrogens with one attached hydrogen (secondary N) is 1. The summed E-state index contributed by atoms with van der Waals surface area (Å²) in [6.45, 7) is 3.88. The molecule has 1 saturated heterocycles. The molecule has 5 rings (SSSR count). The number of fused-ring (bicyclic) bond motifs is 1. The molecule has 158 valence electrons. The molecule has 0 unspecified atom stereocenters. The number of allylic oxidation sites excluding steroid dienone is 2. The van der Waals surface area contributed by atoms with Crippen molar-refractivity contribution < 1.29 is 9.53 Å². The average molecular weight is 407 g/mol. The van der Waals surface area contributed by atoms with Crippen LogP contribution >= 0.6 is 0 Å². The number of aromatic nitrogens is 2. The summed E-state index contributed by atoms with van der Waals surface area (Å²) in [5.41, 5.74) is 3.19. The van der Waals surface area contributed by atoms with E-state index in [1.54, 1.807) is 6.33 Å². The Morgan fingerprint density at radius 1 is 1.07 bits per heavy atom. The predicted octanol–water partition coefficient (Wildman–Crippen LogP) is 3.82. The molecule has 0 atom stereocenters. The number of carbonyl (C=O) groups excluding carboxylic acids is 1. The number of hydrogen-bond acceptors (Lipinski definition) is 6. The van der Waals surface area contributed by atoms with Gasteiger partial charge in [-0.1, -0.05) is 12.1 Å². The molecule has 0 radical (unpaired) electrons. The second-order valence-corrected chi connectivity index (χ2v) is 8.74. The van der Waals surface area contributed by atoms with Gasteiger partial charge in [0.15, 0.2) is 0 Å². The Morgan fingerprint density at radius 2 is 1.90 bits per heavy atom. The van der Waals surface area contributed by atoms with E-state index in [1.807, 2.05) is 6.07 Å². The highest BCUT2D eigenvalue weighted by Gasteiger charge is 2.27. The van der Waals surface area contributed by atoms with E-state index in [4.69, 9.17) is 4.74 Å². The van der Waals surface area contributed by atoms with E-state index in [0.717, 1.165) is 73.4 Å². The second-order valence-electron chi connectivity index (χ2n) is 8.74. The summed E-state index contributed by atoms with van der Waals surface area (Å²) in [7, 11) is 0. The van der Waals surface area contributed by atoms with Gasteiger partial charge in [0.1, 0.15) is 17.9 Å². The quantitative estimate of drug-likeness (QED) is 0.833. The molecule has 0 spiro atoms. The van der Waals surface area contributed by atoms with Crippen LogP contribution in [0.1, 0.15) is 50.5 Å². The summed E-state index contributed by atoms with van der Waals surface area (Å²) in [6.07, 6.45) is 10.7. The molecule has 3 aliphatic rings. The molecule has 0 bridgehead atoms. The molecule has 1 aromatic carbocycles. The van der Waals surface area contributed by atoms with Crippen LogP contribution in [0.4, 0.5) is 5.82 Å². The van der Waals surface area contributed by atoms with Gasteiger partial charge in [0.2, 0.25) is 0 Å². The highest BCUT2D eigenvalue weighted by Crippen LogP contribution is 2.31. The largest absolute Gasteiger partial charge is 0.379 e. The van der Waals surface area contributed by atoms with Gasteiger partial charge < -0.3 is 10.1 Å². The van der Waals surface area contributed by atoms with Crippen molar-refractivity contribution in [1.29, 1.82) is 0 Å². The Kier molecular flexibility index (Phi) is 5.77. The molecule has 1 aromatic heterocycles. The first-order chi connectivity index (χ1) is 14.8. The number of benzene rings is 1. The molecule has 0 amide bonds. The van der Waals surface area contributed by atoms with Gasteiger partial charge in [0, 0.05) is 43.4 Å². The molecule has 6 heteroatoms. The molecule has 1 aliphatic heterocycles. The molecule has 2 heterocycles. The van der Waals surface area contributed by atoms with E-state index >= 15 is 0 Å². The third kappa shape index (κ3) is 4.25. The summed E-state index contributed by atoms with van der Waals surface area (Å²) in [5.74, 6) is 1.24. The lowest BCUT2D eigenvalue weighted by molar-refractivity contribution is -0.118. The number of anilines is 1. The maximum absolute atomic E-state index is 11.9. The molecular weight excluding hydrogens is 376 g/mol. The number of nitrogens with zero attached hydrogens (tertiary/aromatic N) is 3. The van der Waals surface area contributed by atoms with Crippen molar-refractivity contribution in [1.82, 2.24) is 14.9 Å². The van der Waals surface area contributed by atoms with Crippen LogP contribution in [-0.2, 0) is 9.53 Å². The van der Waals surface area contributed by atoms with Gasteiger partial charge in [-0.2, -0.15) is 0 Å². The topological polar surface area (TPSA) is 67.4 Å². The molecule has 2 fully saturated rings. The van der Waals surface area contributed by atoms with Gasteiger partial charge in [-0.25, -0.2) is 9.97 Å². The zero-order chi connectivity index (χ0) is 20.3. The Balaban J connectivity index is 1.30. The molecule has 1 saturated carbocycles. The number of carbonyl (C=O) groups is 1. The van der Waals surface area contributed by atoms with Crippen LogP contribution in [0, 0.1) is 0 Å². The maximum Gasteiger partial charge on any atom is 0.137 e. The van der Waals surface area contributed by atoms with E-state index < -0.39 is 0 Å². The Hall–Kier alpha value is -2.31. The third-order valence-corrected chi connectivity index (χ3v) is 6.81. The van der Waals surface area contributed by atoms with Crippen LogP contribution in [-0.4, -0.2) is 59.0 Å². The lowest BCUT2D eigenvalue weighted by Crippen LogP contribution is -2.46. The fourth-order valence-corrected chi connectivity index (χ4v) is 5.09. The van der Waals surface area contributed by atoms with Crippen molar-refractivity contribution in [2.45, 2.75) is 57.0 Å². The first-order valence-electron chi connectivity index (χ1n) is 11.3. The summed E-state index contributed by atoms with van der Waals surface area (Å²) in [6, 6.07) is 7.42. The van der Waals surface area contributed by atoms with Crippen LogP contribution < -0.4 is 5.32 Å². The minimum atomic E-state index is 0.326. The van der Waals surface area contributed by atoms with Crippen LogP contribution in [0.5, 0.6) is 0 Å². The summed E-state index contributed by atoms with van der Waals surface area (Å²) in [5, 5.41) is 4.75. The van der Waals surface area contributed by atoms with E-state index in [9.17, 15) is 4.79 Å². The van der Waals surface area contributed by atoms with Crippen LogP contribution in [0.3, 0.4) is 0 Å². The Bertz CT molecular complexity index is 943. The average Bonchev–Trinajstić information content (AvgIpc) is 2.80. The van der Waals surface area contributed by atoms with Crippen molar-refractivity contribution in [3.8, 4) is 0 Å². The first-order valence-corrected chi connectivity index (χ1v) is 11.3. The molecule has 1 N–H and O–H groups in total. The number of rotatable bonds is 4. The SMILES string of the molecule is O=C1CCC=C(c2ccc3ncnc(NC4CCC(N5CCOCC5)CC4)c3c2)C1. The standard InChI is InChI=1S/C24H30N4O2/c29-21-3-1-2-17(14-21)18-4-9-23-22(15-18)24(26-16-25-23)27-19-5-7-20(8-6-19)28-10-12-30-13-11-28/h2,4,9,15-16,19-20H,1,3,5-8,10-14H2,(H,25,26,27). The minimum Gasteiger partial charge on any atom is -0.379 e. The number of ketones is 1. The van der Waals surface area contributed by atoms with Gasteiger partial charge in [-0.15, -0.1) is 0 Å². The number of Topliss-reactive ketones (excluding diaryl/α,β-unsaturated/α-hetero) is 1. The van der Waals surface area contributed by atoms with E-state index in [0.29, 0.717) is 30.7 Å². The van der Waals surface area contributed by atoms with Gasteiger partial charge in [0.25, 0.3) is 0 Å². The second kappa shape index (κ2) is 8.82. The van der Waals surface area contributed by atoms with Gasteiger partial charge in [-0.3, -0.25) is 9.69 Å². The van der Waals surface area contributed by atoms with Gasteiger partial charge in [0.05, 0.1) is 18.7 Å². The molecule has 30 heavy (non-hydrogen) atoms. The Labute approximate surface area is 177 Å². The van der Waals surface area contributed by atoms with E-state index in [1.165, 1.54) is 12.8 Å². The van der Waals surface area contributed by atoms with Crippen LogP contribution in [0.15, 0.2) is 30.6 Å². The molecule has 6 nitrogen and oxygen atoms in total. The van der Waals surface area contributed by atoms with Crippen molar-refractivity contribution in [2.75, 3.05) is 31.6 Å². The van der Waals surface area contributed by atoms with Gasteiger partial charge >= 0.3 is 0 Å². The van der Waals surface area contributed by atoms with Crippen molar-refractivity contribution in [3.05, 3.63) is 36.2 Å².